The van der Waals surface area contributed by atoms with Crippen LogP contribution in [0.4, 0.5) is 10.5 Å². The summed E-state index contributed by atoms with van der Waals surface area (Å²) in [5.41, 5.74) is 5.65. The van der Waals surface area contributed by atoms with Crippen LogP contribution in [0.3, 0.4) is 0 Å². The molecule has 0 saturated carbocycles. The molecule has 0 radical (unpaired) electrons. The van der Waals surface area contributed by atoms with Crippen molar-refractivity contribution in [3.05, 3.63) is 64.7 Å². The highest BCUT2D eigenvalue weighted by Gasteiger charge is 2.28. The van der Waals surface area contributed by atoms with Crippen LogP contribution in [0.25, 0.3) is 0 Å². The number of hydrogen-bond acceptors (Lipinski definition) is 3. The maximum absolute atomic E-state index is 12.7. The first-order valence-electron chi connectivity index (χ1n) is 10.6. The van der Waals surface area contributed by atoms with Crippen molar-refractivity contribution in [1.82, 2.24) is 10.2 Å². The van der Waals surface area contributed by atoms with Crippen molar-refractivity contribution in [2.75, 3.05) is 23.1 Å². The minimum atomic E-state index is -3.17. The molecular formula is C23H29N3O3S. The van der Waals surface area contributed by atoms with Crippen molar-refractivity contribution in [3.8, 4) is 0 Å². The number of fused-ring (bicyclic) bond motifs is 1. The Morgan fingerprint density at radius 2 is 1.87 bits per heavy atom. The fraction of sp³-hybridized carbons (Fsp3) is 0.435. The summed E-state index contributed by atoms with van der Waals surface area (Å²) in [4.78, 5) is 14.5. The highest BCUT2D eigenvalue weighted by molar-refractivity contribution is 7.93. The molecule has 2 amide bonds. The van der Waals surface area contributed by atoms with Gasteiger partial charge in [-0.3, -0.25) is 4.31 Å². The number of sulfonamides is 1. The van der Waals surface area contributed by atoms with Crippen LogP contribution in [-0.2, 0) is 29.5 Å². The second-order valence-corrected chi connectivity index (χ2v) is 10.4. The third-order valence-electron chi connectivity index (χ3n) is 5.98. The maximum atomic E-state index is 12.7. The highest BCUT2D eigenvalue weighted by Crippen LogP contribution is 2.28. The summed E-state index contributed by atoms with van der Waals surface area (Å²) < 4.78 is 25.6. The molecule has 0 atom stereocenters. The van der Waals surface area contributed by atoms with Crippen LogP contribution in [0.1, 0.15) is 48.4 Å². The number of benzene rings is 2. The number of rotatable bonds is 4. The van der Waals surface area contributed by atoms with Crippen molar-refractivity contribution in [1.29, 1.82) is 0 Å². The average Bonchev–Trinajstić information content (AvgIpc) is 3.10. The fourth-order valence-corrected chi connectivity index (χ4v) is 5.92. The lowest BCUT2D eigenvalue weighted by Crippen LogP contribution is -2.42. The lowest BCUT2D eigenvalue weighted by molar-refractivity contribution is 0.192. The maximum Gasteiger partial charge on any atom is 0.317 e. The van der Waals surface area contributed by atoms with Crippen molar-refractivity contribution in [2.24, 2.45) is 0 Å². The normalized spacial score (nSPS) is 17.8. The van der Waals surface area contributed by atoms with E-state index in [2.05, 4.69) is 37.4 Å². The Morgan fingerprint density at radius 3 is 2.53 bits per heavy atom. The van der Waals surface area contributed by atoms with E-state index in [1.54, 1.807) is 0 Å². The number of nitrogens with one attached hydrogen (secondary N) is 1. The minimum absolute atomic E-state index is 0.0678. The number of hydrogen-bond donors (Lipinski definition) is 1. The molecule has 0 unspecified atom stereocenters. The molecule has 0 spiro atoms. The summed E-state index contributed by atoms with van der Waals surface area (Å²) in [6.45, 7) is 6.72. The van der Waals surface area contributed by atoms with Gasteiger partial charge in [-0.2, -0.15) is 0 Å². The van der Waals surface area contributed by atoms with Gasteiger partial charge in [0.05, 0.1) is 11.4 Å². The zero-order chi connectivity index (χ0) is 21.3. The summed E-state index contributed by atoms with van der Waals surface area (Å²) in [5.74, 6) is 0.696. The Labute approximate surface area is 178 Å². The van der Waals surface area contributed by atoms with E-state index in [1.807, 2.05) is 29.2 Å². The summed E-state index contributed by atoms with van der Waals surface area (Å²) in [7, 11) is -3.17. The average molecular weight is 428 g/mol. The molecule has 7 heteroatoms. The lowest BCUT2D eigenvalue weighted by Gasteiger charge is -2.31. The first-order valence-corrected chi connectivity index (χ1v) is 12.2. The summed E-state index contributed by atoms with van der Waals surface area (Å²) in [6.07, 6.45) is 1.55. The monoisotopic (exact) mass is 427 g/mol. The van der Waals surface area contributed by atoms with E-state index in [0.717, 1.165) is 12.0 Å². The van der Waals surface area contributed by atoms with Gasteiger partial charge in [0.15, 0.2) is 0 Å². The molecule has 2 heterocycles. The van der Waals surface area contributed by atoms with E-state index >= 15 is 0 Å². The van der Waals surface area contributed by atoms with Crippen LogP contribution >= 0.6 is 0 Å². The Morgan fingerprint density at radius 1 is 1.10 bits per heavy atom. The molecule has 2 aromatic rings. The van der Waals surface area contributed by atoms with Crippen LogP contribution < -0.4 is 9.62 Å². The molecule has 2 aliphatic rings. The molecule has 1 N–H and O–H groups in total. The minimum Gasteiger partial charge on any atom is -0.334 e. The van der Waals surface area contributed by atoms with Crippen molar-refractivity contribution >= 4 is 21.7 Å². The Bertz CT molecular complexity index is 1030. The number of carbonyl (C=O) groups is 1. The van der Waals surface area contributed by atoms with E-state index in [9.17, 15) is 13.2 Å². The van der Waals surface area contributed by atoms with Gasteiger partial charge in [0, 0.05) is 26.2 Å². The standard InChI is InChI=1S/C23H29N3O3S/c1-17(2)21-6-3-5-19-16-25(13-11-22(19)21)23(27)24-15-18-7-9-20(10-8-18)26-12-4-14-30(26,28)29/h3,5-10,17H,4,11-16H2,1-2H3,(H,24,27). The van der Waals surface area contributed by atoms with Crippen molar-refractivity contribution in [3.63, 3.8) is 0 Å². The van der Waals surface area contributed by atoms with Crippen LogP contribution in [0, 0.1) is 0 Å². The van der Waals surface area contributed by atoms with Gasteiger partial charge >= 0.3 is 6.03 Å². The molecule has 0 aromatic heterocycles. The Kier molecular flexibility index (Phi) is 5.73. The molecule has 2 aromatic carbocycles. The van der Waals surface area contributed by atoms with Gasteiger partial charge in [-0.05, 0) is 53.1 Å². The van der Waals surface area contributed by atoms with Crippen LogP contribution in [0.15, 0.2) is 42.5 Å². The third kappa shape index (κ3) is 4.17. The van der Waals surface area contributed by atoms with Crippen molar-refractivity contribution < 1.29 is 13.2 Å². The molecule has 30 heavy (non-hydrogen) atoms. The molecule has 0 aliphatic carbocycles. The zero-order valence-electron chi connectivity index (χ0n) is 17.6. The van der Waals surface area contributed by atoms with Gasteiger partial charge in [-0.15, -0.1) is 0 Å². The first kappa shape index (κ1) is 20.7. The smallest absolute Gasteiger partial charge is 0.317 e. The molecule has 1 fully saturated rings. The number of urea groups is 1. The van der Waals surface area contributed by atoms with Crippen LogP contribution in [0.2, 0.25) is 0 Å². The van der Waals surface area contributed by atoms with Gasteiger partial charge in [-0.25, -0.2) is 13.2 Å². The molecule has 2 aliphatic heterocycles. The van der Waals surface area contributed by atoms with Gasteiger partial charge < -0.3 is 10.2 Å². The molecule has 6 nitrogen and oxygen atoms in total. The molecule has 160 valence electrons. The topological polar surface area (TPSA) is 69.7 Å². The van der Waals surface area contributed by atoms with E-state index in [1.165, 1.54) is 21.0 Å². The number of anilines is 1. The SMILES string of the molecule is CC(C)c1cccc2c1CCN(C(=O)NCc1ccc(N3CCCS3(=O)=O)cc1)C2. The predicted molar refractivity (Wildman–Crippen MR) is 119 cm³/mol. The molecule has 1 saturated heterocycles. The predicted octanol–water partition coefficient (Wildman–Crippen LogP) is 3.62. The number of amides is 2. The molecule has 0 bridgehead atoms. The number of nitrogens with zero attached hydrogens (tertiary/aromatic N) is 2. The Hall–Kier alpha value is -2.54. The summed E-state index contributed by atoms with van der Waals surface area (Å²) in [5, 5.41) is 3.00. The van der Waals surface area contributed by atoms with E-state index in [-0.39, 0.29) is 11.8 Å². The van der Waals surface area contributed by atoms with E-state index in [0.29, 0.717) is 44.2 Å². The fourth-order valence-electron chi connectivity index (χ4n) is 4.35. The number of carbonyl (C=O) groups excluding carboxylic acids is 1. The quantitative estimate of drug-likeness (QED) is 0.810. The first-order chi connectivity index (χ1) is 14.3. The van der Waals surface area contributed by atoms with Crippen LogP contribution in [0.5, 0.6) is 0 Å². The van der Waals surface area contributed by atoms with Gasteiger partial charge in [0.2, 0.25) is 10.0 Å². The Balaban J connectivity index is 1.36. The van der Waals surface area contributed by atoms with Gasteiger partial charge in [0.25, 0.3) is 0 Å². The summed E-state index contributed by atoms with van der Waals surface area (Å²) >= 11 is 0. The van der Waals surface area contributed by atoms with Gasteiger partial charge in [-0.1, -0.05) is 44.2 Å². The molecular weight excluding hydrogens is 398 g/mol. The second-order valence-electron chi connectivity index (χ2n) is 8.38. The van der Waals surface area contributed by atoms with E-state index < -0.39 is 10.0 Å². The van der Waals surface area contributed by atoms with E-state index in [4.69, 9.17) is 0 Å². The molecule has 4 rings (SSSR count). The van der Waals surface area contributed by atoms with Crippen molar-refractivity contribution in [2.45, 2.75) is 45.7 Å². The van der Waals surface area contributed by atoms with Crippen LogP contribution in [-0.4, -0.2) is 38.2 Å². The summed E-state index contributed by atoms with van der Waals surface area (Å²) in [6, 6.07) is 13.7. The highest BCUT2D eigenvalue weighted by atomic mass is 32.2. The lowest BCUT2D eigenvalue weighted by atomic mass is 9.89. The largest absolute Gasteiger partial charge is 0.334 e. The zero-order valence-corrected chi connectivity index (χ0v) is 18.4. The van der Waals surface area contributed by atoms with Gasteiger partial charge in [0.1, 0.15) is 0 Å². The third-order valence-corrected chi connectivity index (χ3v) is 7.85. The second kappa shape index (κ2) is 8.30.